The van der Waals surface area contributed by atoms with Crippen LogP contribution in [0.4, 0.5) is 0 Å². The third kappa shape index (κ3) is 3.15. The molecule has 1 fully saturated rings. The van der Waals surface area contributed by atoms with Crippen molar-refractivity contribution in [2.24, 2.45) is 0 Å². The van der Waals surface area contributed by atoms with Crippen LogP contribution in [0.5, 0.6) is 0 Å². The number of amides is 1. The highest BCUT2D eigenvalue weighted by Gasteiger charge is 2.36. The Morgan fingerprint density at radius 2 is 1.44 bits per heavy atom. The average molecular weight is 362 g/mol. The minimum absolute atomic E-state index is 0.0365. The van der Waals surface area contributed by atoms with Crippen molar-refractivity contribution in [3.63, 3.8) is 0 Å². The topological polar surface area (TPSA) is 75.7 Å². The zero-order chi connectivity index (χ0) is 18.8. The summed E-state index contributed by atoms with van der Waals surface area (Å²) < 4.78 is 5.36. The molecule has 0 spiro atoms. The number of hydrogen-bond acceptors (Lipinski definition) is 5. The molecular formula is C21H18N2O4. The third-order valence-corrected chi connectivity index (χ3v) is 4.70. The predicted molar refractivity (Wildman–Crippen MR) is 98.4 cm³/mol. The van der Waals surface area contributed by atoms with Gasteiger partial charge in [-0.1, -0.05) is 42.5 Å². The number of allylic oxidation sites excluding steroid dienone is 2. The molecule has 0 bridgehead atoms. The van der Waals surface area contributed by atoms with Gasteiger partial charge in [0.25, 0.3) is 5.91 Å². The van der Waals surface area contributed by atoms with E-state index in [1.54, 1.807) is 54.6 Å². The average Bonchev–Trinajstić information content (AvgIpc) is 2.73. The first kappa shape index (κ1) is 17.2. The van der Waals surface area contributed by atoms with Gasteiger partial charge in [-0.25, -0.2) is 0 Å². The molecule has 1 aliphatic carbocycles. The number of hydrogen-bond donors (Lipinski definition) is 1. The molecule has 1 amide bonds. The van der Waals surface area contributed by atoms with Gasteiger partial charge in [0.2, 0.25) is 11.6 Å². The third-order valence-electron chi connectivity index (χ3n) is 4.70. The Balaban J connectivity index is 1.78. The second kappa shape index (κ2) is 7.17. The van der Waals surface area contributed by atoms with Crippen LogP contribution in [0.3, 0.4) is 0 Å². The summed E-state index contributed by atoms with van der Waals surface area (Å²) in [6.45, 7) is 1.90. The van der Waals surface area contributed by atoms with Crippen molar-refractivity contribution >= 4 is 17.5 Å². The van der Waals surface area contributed by atoms with Crippen molar-refractivity contribution < 1.29 is 19.1 Å². The first-order valence-corrected chi connectivity index (χ1v) is 8.78. The molecule has 1 saturated heterocycles. The number of ketones is 2. The number of benzene rings is 2. The number of Topliss-reactive ketones (excluding diaryl/α,β-unsaturated/α-hetero) is 2. The molecule has 4 rings (SSSR count). The fraction of sp³-hybridized carbons (Fsp3) is 0.190. The summed E-state index contributed by atoms with van der Waals surface area (Å²) in [5.41, 5.74) is 1.37. The van der Waals surface area contributed by atoms with Gasteiger partial charge in [0.15, 0.2) is 0 Å². The molecule has 0 aromatic heterocycles. The van der Waals surface area contributed by atoms with Crippen LogP contribution in [-0.4, -0.2) is 48.7 Å². The zero-order valence-corrected chi connectivity index (χ0v) is 14.6. The largest absolute Gasteiger partial charge is 0.378 e. The van der Waals surface area contributed by atoms with E-state index in [0.29, 0.717) is 43.0 Å². The zero-order valence-electron chi connectivity index (χ0n) is 14.6. The maximum Gasteiger partial charge on any atom is 0.255 e. The SMILES string of the molecule is O=C(NC1=C(N2CCOCC2)C(=O)c2ccccc2C1=O)c1ccccc1. The molecule has 0 unspecified atom stereocenters. The summed E-state index contributed by atoms with van der Waals surface area (Å²) in [5, 5.41) is 2.69. The van der Waals surface area contributed by atoms with Crippen LogP contribution in [0.2, 0.25) is 0 Å². The van der Waals surface area contributed by atoms with Crippen molar-refractivity contribution in [2.75, 3.05) is 26.3 Å². The first-order valence-electron chi connectivity index (χ1n) is 8.78. The molecule has 1 aliphatic heterocycles. The monoisotopic (exact) mass is 362 g/mol. The minimum atomic E-state index is -0.420. The number of fused-ring (bicyclic) bond motifs is 1. The van der Waals surface area contributed by atoms with Gasteiger partial charge in [0, 0.05) is 29.8 Å². The highest BCUT2D eigenvalue weighted by Crippen LogP contribution is 2.28. The molecule has 0 atom stereocenters. The molecule has 0 radical (unpaired) electrons. The molecule has 27 heavy (non-hydrogen) atoms. The molecule has 6 heteroatoms. The van der Waals surface area contributed by atoms with Crippen molar-refractivity contribution in [1.29, 1.82) is 0 Å². The Kier molecular flexibility index (Phi) is 4.56. The van der Waals surface area contributed by atoms with Gasteiger partial charge in [-0.15, -0.1) is 0 Å². The quantitative estimate of drug-likeness (QED) is 0.904. The van der Waals surface area contributed by atoms with Crippen molar-refractivity contribution in [3.05, 3.63) is 82.7 Å². The summed E-state index contributed by atoms with van der Waals surface area (Å²) in [4.78, 5) is 40.7. The smallest absolute Gasteiger partial charge is 0.255 e. The lowest BCUT2D eigenvalue weighted by atomic mass is 9.89. The maximum absolute atomic E-state index is 13.1. The highest BCUT2D eigenvalue weighted by molar-refractivity contribution is 6.27. The lowest BCUT2D eigenvalue weighted by Crippen LogP contribution is -2.44. The summed E-state index contributed by atoms with van der Waals surface area (Å²) in [6.07, 6.45) is 0. The minimum Gasteiger partial charge on any atom is -0.378 e. The second-order valence-electron chi connectivity index (χ2n) is 6.35. The Labute approximate surface area is 156 Å². The van der Waals surface area contributed by atoms with E-state index < -0.39 is 5.91 Å². The molecule has 1 N–H and O–H groups in total. The number of carbonyl (C=O) groups excluding carboxylic acids is 3. The lowest BCUT2D eigenvalue weighted by Gasteiger charge is -2.33. The van der Waals surface area contributed by atoms with E-state index in [9.17, 15) is 14.4 Å². The Morgan fingerprint density at radius 3 is 2.11 bits per heavy atom. The van der Waals surface area contributed by atoms with E-state index in [4.69, 9.17) is 4.74 Å². The van der Waals surface area contributed by atoms with E-state index in [1.165, 1.54) is 0 Å². The summed E-state index contributed by atoms with van der Waals surface area (Å²) >= 11 is 0. The van der Waals surface area contributed by atoms with E-state index in [-0.39, 0.29) is 23.0 Å². The number of nitrogens with zero attached hydrogens (tertiary/aromatic N) is 1. The Hall–Kier alpha value is -3.25. The Morgan fingerprint density at radius 1 is 0.852 bits per heavy atom. The predicted octanol–water partition coefficient (Wildman–Crippen LogP) is 2.04. The lowest BCUT2D eigenvalue weighted by molar-refractivity contribution is 0.0492. The van der Waals surface area contributed by atoms with Crippen molar-refractivity contribution in [3.8, 4) is 0 Å². The first-order chi connectivity index (χ1) is 13.2. The molecule has 136 valence electrons. The van der Waals surface area contributed by atoms with Gasteiger partial charge < -0.3 is 15.0 Å². The molecule has 6 nitrogen and oxygen atoms in total. The van der Waals surface area contributed by atoms with Crippen LogP contribution >= 0.6 is 0 Å². The Bertz CT molecular complexity index is 944. The van der Waals surface area contributed by atoms with Crippen LogP contribution < -0.4 is 5.32 Å². The summed E-state index contributed by atoms with van der Waals surface area (Å²) in [6, 6.07) is 15.3. The van der Waals surface area contributed by atoms with Gasteiger partial charge in [-0.05, 0) is 12.1 Å². The van der Waals surface area contributed by atoms with E-state index in [2.05, 4.69) is 5.32 Å². The van der Waals surface area contributed by atoms with Gasteiger partial charge in [0.1, 0.15) is 11.4 Å². The number of rotatable bonds is 3. The van der Waals surface area contributed by atoms with E-state index in [0.717, 1.165) is 0 Å². The van der Waals surface area contributed by atoms with Gasteiger partial charge >= 0.3 is 0 Å². The van der Waals surface area contributed by atoms with Crippen LogP contribution in [0, 0.1) is 0 Å². The van der Waals surface area contributed by atoms with Gasteiger partial charge in [-0.3, -0.25) is 14.4 Å². The number of morpholine rings is 1. The summed E-state index contributed by atoms with van der Waals surface area (Å²) in [7, 11) is 0. The number of nitrogens with one attached hydrogen (secondary N) is 1. The van der Waals surface area contributed by atoms with Crippen LogP contribution in [0.1, 0.15) is 31.1 Å². The van der Waals surface area contributed by atoms with Crippen LogP contribution in [0.25, 0.3) is 0 Å². The van der Waals surface area contributed by atoms with Crippen molar-refractivity contribution in [1.82, 2.24) is 10.2 Å². The molecule has 2 aromatic carbocycles. The van der Waals surface area contributed by atoms with Crippen molar-refractivity contribution in [2.45, 2.75) is 0 Å². The number of carbonyl (C=O) groups is 3. The molecule has 0 saturated carbocycles. The van der Waals surface area contributed by atoms with E-state index in [1.807, 2.05) is 4.90 Å². The molecular weight excluding hydrogens is 344 g/mol. The number of ether oxygens (including phenoxy) is 1. The second-order valence-corrected chi connectivity index (χ2v) is 6.35. The van der Waals surface area contributed by atoms with Crippen LogP contribution in [0.15, 0.2) is 66.0 Å². The molecule has 2 aliphatic rings. The standard InChI is InChI=1S/C21H18N2O4/c24-19-15-8-4-5-9-16(15)20(25)18(23-10-12-27-13-11-23)17(19)22-21(26)14-6-2-1-3-7-14/h1-9H,10-13H2,(H,22,26). The molecule has 1 heterocycles. The van der Waals surface area contributed by atoms with Gasteiger partial charge in [0.05, 0.1) is 13.2 Å². The maximum atomic E-state index is 13.1. The van der Waals surface area contributed by atoms with E-state index >= 15 is 0 Å². The normalized spacial score (nSPS) is 17.0. The molecule has 2 aromatic rings. The fourth-order valence-corrected chi connectivity index (χ4v) is 3.34. The fourth-order valence-electron chi connectivity index (χ4n) is 3.34. The summed E-state index contributed by atoms with van der Waals surface area (Å²) in [5.74, 6) is -1.02. The van der Waals surface area contributed by atoms with Crippen LogP contribution in [-0.2, 0) is 4.74 Å². The van der Waals surface area contributed by atoms with Gasteiger partial charge in [-0.2, -0.15) is 0 Å². The highest BCUT2D eigenvalue weighted by atomic mass is 16.5.